The maximum absolute atomic E-state index is 13.2. The molecule has 0 atom stereocenters. The largest absolute Gasteiger partial charge is 0.350 e. The summed E-state index contributed by atoms with van der Waals surface area (Å²) >= 11 is 4.60. The van der Waals surface area contributed by atoms with E-state index in [1.165, 1.54) is 16.7 Å². The van der Waals surface area contributed by atoms with E-state index in [1.54, 1.807) is 24.3 Å². The fraction of sp³-hybridized carbons (Fsp3) is 0.179. The van der Waals surface area contributed by atoms with Crippen molar-refractivity contribution in [1.29, 1.82) is 0 Å². The molecular formula is C28H26BrN3O3S. The van der Waals surface area contributed by atoms with Crippen molar-refractivity contribution in [1.82, 2.24) is 4.90 Å². The molecular weight excluding hydrogens is 538 g/mol. The molecule has 184 valence electrons. The Kier molecular flexibility index (Phi) is 7.96. The summed E-state index contributed by atoms with van der Waals surface area (Å²) < 4.78 is 0.901. The van der Waals surface area contributed by atoms with Crippen molar-refractivity contribution in [2.45, 2.75) is 25.7 Å². The fourth-order valence-electron chi connectivity index (χ4n) is 3.60. The van der Waals surface area contributed by atoms with Gasteiger partial charge in [0.1, 0.15) is 10.6 Å². The number of hydrogen-bond acceptors (Lipinski definition) is 5. The van der Waals surface area contributed by atoms with Crippen LogP contribution >= 0.6 is 27.7 Å². The van der Waals surface area contributed by atoms with Crippen LogP contribution in [0.1, 0.15) is 29.8 Å². The van der Waals surface area contributed by atoms with E-state index < -0.39 is 0 Å². The van der Waals surface area contributed by atoms with Gasteiger partial charge in [0.2, 0.25) is 0 Å². The molecule has 0 radical (unpaired) electrons. The molecule has 4 rings (SSSR count). The van der Waals surface area contributed by atoms with Crippen LogP contribution in [-0.2, 0) is 9.59 Å². The minimum Gasteiger partial charge on any atom is -0.350 e. The number of carbonyl (C=O) groups is 3. The third-order valence-corrected chi connectivity index (χ3v) is 7.05. The molecule has 0 fully saturated rings. The fourth-order valence-corrected chi connectivity index (χ4v) is 4.81. The molecule has 0 aliphatic carbocycles. The average molecular weight is 565 g/mol. The Bertz CT molecular complexity index is 1320. The van der Waals surface area contributed by atoms with Crippen LogP contribution in [0.3, 0.4) is 0 Å². The molecule has 0 bridgehead atoms. The van der Waals surface area contributed by atoms with E-state index in [0.717, 1.165) is 20.6 Å². The lowest BCUT2D eigenvalue weighted by Crippen LogP contribution is -2.35. The second kappa shape index (κ2) is 11.1. The second-order valence-electron chi connectivity index (χ2n) is 8.90. The molecule has 36 heavy (non-hydrogen) atoms. The van der Waals surface area contributed by atoms with Crippen molar-refractivity contribution >= 4 is 56.8 Å². The maximum atomic E-state index is 13.2. The highest BCUT2D eigenvalue weighted by atomic mass is 79.9. The first-order valence-corrected chi connectivity index (χ1v) is 13.1. The smallest absolute Gasteiger partial charge is 0.278 e. The van der Waals surface area contributed by atoms with Gasteiger partial charge in [-0.25, -0.2) is 0 Å². The maximum Gasteiger partial charge on any atom is 0.278 e. The third-order valence-electron chi connectivity index (χ3n) is 5.43. The van der Waals surface area contributed by atoms with Gasteiger partial charge in [-0.05, 0) is 73.5 Å². The van der Waals surface area contributed by atoms with Crippen LogP contribution in [0.5, 0.6) is 0 Å². The number of aryl methyl sites for hydroxylation is 1. The summed E-state index contributed by atoms with van der Waals surface area (Å²) in [6, 6.07) is 22.0. The first-order valence-electron chi connectivity index (χ1n) is 11.5. The summed E-state index contributed by atoms with van der Waals surface area (Å²) in [5.41, 5.74) is 3.31. The summed E-state index contributed by atoms with van der Waals surface area (Å²) in [6.45, 7) is 6.28. The Balaban J connectivity index is 1.54. The quantitative estimate of drug-likeness (QED) is 0.308. The first kappa shape index (κ1) is 25.7. The van der Waals surface area contributed by atoms with E-state index in [-0.39, 0.29) is 29.3 Å². The second-order valence-corrected chi connectivity index (χ2v) is 10.9. The Labute approximate surface area is 223 Å². The van der Waals surface area contributed by atoms with Gasteiger partial charge in [-0.2, -0.15) is 0 Å². The number of nitrogens with one attached hydrogen (secondary N) is 2. The minimum absolute atomic E-state index is 0.150. The lowest BCUT2D eigenvalue weighted by Gasteiger charge is -2.17. The number of benzene rings is 3. The van der Waals surface area contributed by atoms with Gasteiger partial charge < -0.3 is 10.6 Å². The molecule has 8 heteroatoms. The number of imide groups is 1. The van der Waals surface area contributed by atoms with Crippen molar-refractivity contribution in [3.63, 3.8) is 0 Å². The minimum atomic E-state index is -0.324. The normalized spacial score (nSPS) is 13.5. The van der Waals surface area contributed by atoms with Gasteiger partial charge in [-0.3, -0.25) is 19.3 Å². The summed E-state index contributed by atoms with van der Waals surface area (Å²) in [5.74, 6) is -0.691. The van der Waals surface area contributed by atoms with Crippen molar-refractivity contribution in [2.75, 3.05) is 17.2 Å². The predicted octanol–water partition coefficient (Wildman–Crippen LogP) is 6.45. The molecule has 3 amide bonds. The summed E-state index contributed by atoms with van der Waals surface area (Å²) in [4.78, 5) is 41.3. The van der Waals surface area contributed by atoms with E-state index in [9.17, 15) is 14.4 Å². The summed E-state index contributed by atoms with van der Waals surface area (Å²) in [5, 5.41) is 6.04. The standard InChI is InChI=1S/C28H26BrN3O3S/c1-17(2)16-32-27(34)24(30-21-10-4-18(3)5-11-21)25(28(32)35)36-23-14-12-22(13-15-23)31-26(33)19-6-8-20(29)9-7-19/h4-15,17,30H,16H2,1-3H3,(H,31,33). The van der Waals surface area contributed by atoms with Crippen molar-refractivity contribution in [3.8, 4) is 0 Å². The van der Waals surface area contributed by atoms with Crippen LogP contribution in [0.25, 0.3) is 0 Å². The van der Waals surface area contributed by atoms with Gasteiger partial charge in [0.15, 0.2) is 0 Å². The van der Waals surface area contributed by atoms with E-state index >= 15 is 0 Å². The lowest BCUT2D eigenvalue weighted by molar-refractivity contribution is -0.137. The van der Waals surface area contributed by atoms with Gasteiger partial charge in [-0.1, -0.05) is 59.2 Å². The zero-order chi connectivity index (χ0) is 25.8. The number of rotatable bonds is 8. The molecule has 2 N–H and O–H groups in total. The van der Waals surface area contributed by atoms with Gasteiger partial charge >= 0.3 is 0 Å². The Morgan fingerprint density at radius 2 is 1.50 bits per heavy atom. The highest BCUT2D eigenvalue weighted by Crippen LogP contribution is 2.36. The van der Waals surface area contributed by atoms with Gasteiger partial charge in [0, 0.05) is 32.9 Å². The number of nitrogens with zero attached hydrogens (tertiary/aromatic N) is 1. The van der Waals surface area contributed by atoms with E-state index in [0.29, 0.717) is 22.7 Å². The molecule has 1 heterocycles. The van der Waals surface area contributed by atoms with E-state index in [1.807, 2.05) is 69.3 Å². The average Bonchev–Trinajstić information content (AvgIpc) is 3.06. The molecule has 0 unspecified atom stereocenters. The van der Waals surface area contributed by atoms with Crippen LogP contribution in [0, 0.1) is 12.8 Å². The Morgan fingerprint density at radius 1 is 0.889 bits per heavy atom. The highest BCUT2D eigenvalue weighted by molar-refractivity contribution is 9.10. The van der Waals surface area contributed by atoms with Crippen LogP contribution in [0.15, 0.2) is 92.8 Å². The highest BCUT2D eigenvalue weighted by Gasteiger charge is 2.39. The molecule has 0 saturated carbocycles. The Hall–Kier alpha value is -3.36. The number of amides is 3. The van der Waals surface area contributed by atoms with Gasteiger partial charge in [0.05, 0.1) is 0 Å². The topological polar surface area (TPSA) is 78.5 Å². The number of hydrogen-bond donors (Lipinski definition) is 2. The zero-order valence-corrected chi connectivity index (χ0v) is 22.6. The van der Waals surface area contributed by atoms with E-state index in [2.05, 4.69) is 26.6 Å². The zero-order valence-electron chi connectivity index (χ0n) is 20.2. The van der Waals surface area contributed by atoms with Crippen molar-refractivity contribution in [2.24, 2.45) is 5.92 Å². The van der Waals surface area contributed by atoms with Gasteiger partial charge in [0.25, 0.3) is 17.7 Å². The van der Waals surface area contributed by atoms with Crippen LogP contribution in [0.4, 0.5) is 11.4 Å². The van der Waals surface area contributed by atoms with Crippen molar-refractivity contribution < 1.29 is 14.4 Å². The molecule has 3 aromatic rings. The van der Waals surface area contributed by atoms with Crippen molar-refractivity contribution in [3.05, 3.63) is 99.0 Å². The number of carbonyl (C=O) groups excluding carboxylic acids is 3. The number of halogens is 1. The van der Waals surface area contributed by atoms with Crippen LogP contribution < -0.4 is 10.6 Å². The molecule has 0 saturated heterocycles. The molecule has 6 nitrogen and oxygen atoms in total. The molecule has 1 aliphatic heterocycles. The molecule has 3 aromatic carbocycles. The van der Waals surface area contributed by atoms with E-state index in [4.69, 9.17) is 0 Å². The van der Waals surface area contributed by atoms with Gasteiger partial charge in [-0.15, -0.1) is 0 Å². The molecule has 0 aromatic heterocycles. The SMILES string of the molecule is Cc1ccc(NC2=C(Sc3ccc(NC(=O)c4ccc(Br)cc4)cc3)C(=O)N(CC(C)C)C2=O)cc1. The lowest BCUT2D eigenvalue weighted by atomic mass is 10.2. The third kappa shape index (κ3) is 6.06. The predicted molar refractivity (Wildman–Crippen MR) is 148 cm³/mol. The number of thioether (sulfide) groups is 1. The number of anilines is 2. The molecule has 0 spiro atoms. The summed E-state index contributed by atoms with van der Waals surface area (Å²) in [7, 11) is 0. The Morgan fingerprint density at radius 3 is 2.11 bits per heavy atom. The molecule has 1 aliphatic rings. The van der Waals surface area contributed by atoms with Crippen LogP contribution in [-0.4, -0.2) is 29.2 Å². The first-order chi connectivity index (χ1) is 17.2. The van der Waals surface area contributed by atoms with Crippen LogP contribution in [0.2, 0.25) is 0 Å². The summed E-state index contributed by atoms with van der Waals surface area (Å²) in [6.07, 6.45) is 0. The monoisotopic (exact) mass is 563 g/mol.